The van der Waals surface area contributed by atoms with Crippen molar-refractivity contribution in [3.05, 3.63) is 0 Å². The van der Waals surface area contributed by atoms with E-state index in [9.17, 15) is 9.59 Å². The maximum atomic E-state index is 11.0. The lowest BCUT2D eigenvalue weighted by Gasteiger charge is -2.00. The molecule has 6 heteroatoms. The van der Waals surface area contributed by atoms with E-state index >= 15 is 0 Å². The molecule has 0 bridgehead atoms. The van der Waals surface area contributed by atoms with Crippen molar-refractivity contribution in [3.8, 4) is 0 Å². The third kappa shape index (κ3) is 3.00. The molecule has 0 saturated carbocycles. The van der Waals surface area contributed by atoms with E-state index in [2.05, 4.69) is 15.3 Å². The highest BCUT2D eigenvalue weighted by Crippen LogP contribution is 1.79. The molecule has 0 aliphatic rings. The quantitative estimate of drug-likeness (QED) is 0.311. The fourth-order valence-electron chi connectivity index (χ4n) is 0.534. The van der Waals surface area contributed by atoms with Gasteiger partial charge in [-0.2, -0.15) is 0 Å². The van der Waals surface area contributed by atoms with E-state index in [4.69, 9.17) is 5.73 Å². The van der Waals surface area contributed by atoms with Crippen LogP contribution in [0.4, 0.5) is 0 Å². The number of nitrogens with one attached hydrogen (secondary N) is 1. The summed E-state index contributed by atoms with van der Waals surface area (Å²) in [5.74, 6) is -1.55. The molecule has 0 spiro atoms. The lowest BCUT2D eigenvalue weighted by atomic mass is 10.3. The molecule has 2 amide bonds. The van der Waals surface area contributed by atoms with Crippen LogP contribution in [0.3, 0.4) is 0 Å². The van der Waals surface area contributed by atoms with E-state index in [1.54, 1.807) is 6.92 Å². The first kappa shape index (κ1) is 10.4. The second-order valence-corrected chi connectivity index (χ2v) is 1.85. The summed E-state index contributed by atoms with van der Waals surface area (Å²) in [6.45, 7) is 2.11. The summed E-state index contributed by atoms with van der Waals surface area (Å²) in [7, 11) is 1.22. The van der Waals surface area contributed by atoms with E-state index in [-0.39, 0.29) is 0 Å². The van der Waals surface area contributed by atoms with Crippen LogP contribution in [0.5, 0.6) is 0 Å². The van der Waals surface area contributed by atoms with E-state index in [0.717, 1.165) is 0 Å². The van der Waals surface area contributed by atoms with Gasteiger partial charge in [0.05, 0.1) is 0 Å². The van der Waals surface area contributed by atoms with Crippen LogP contribution in [0, 0.1) is 0 Å². The maximum Gasteiger partial charge on any atom is 0.279 e. The molecule has 12 heavy (non-hydrogen) atoms. The standard InChI is InChI=1S/C6H11N3O3/c1-3-8-6(11)4(5(7)10)9-12-2/h3H2,1-2H3,(H2,7,10)(H,8,11)/b9-4+. The first-order chi connectivity index (χ1) is 5.63. The van der Waals surface area contributed by atoms with Crippen molar-refractivity contribution < 1.29 is 14.4 Å². The van der Waals surface area contributed by atoms with Crippen molar-refractivity contribution >= 4 is 17.5 Å². The van der Waals surface area contributed by atoms with Gasteiger partial charge in [-0.3, -0.25) is 9.59 Å². The first-order valence-electron chi connectivity index (χ1n) is 3.32. The zero-order valence-electron chi connectivity index (χ0n) is 6.96. The molecule has 0 aromatic heterocycles. The Labute approximate surface area is 69.7 Å². The molecule has 0 saturated heterocycles. The van der Waals surface area contributed by atoms with E-state index in [1.807, 2.05) is 0 Å². The molecule has 6 nitrogen and oxygen atoms in total. The fourth-order valence-corrected chi connectivity index (χ4v) is 0.534. The third-order valence-electron chi connectivity index (χ3n) is 0.968. The maximum absolute atomic E-state index is 11.0. The minimum atomic E-state index is -0.914. The Hall–Kier alpha value is -1.59. The molecule has 68 valence electrons. The summed E-state index contributed by atoms with van der Waals surface area (Å²) in [5, 5.41) is 5.53. The van der Waals surface area contributed by atoms with E-state index in [1.165, 1.54) is 7.11 Å². The van der Waals surface area contributed by atoms with Gasteiger partial charge in [0.25, 0.3) is 11.8 Å². The number of hydrogen-bond donors (Lipinski definition) is 2. The highest BCUT2D eigenvalue weighted by molar-refractivity contribution is 6.64. The number of nitrogens with two attached hydrogens (primary N) is 1. The van der Waals surface area contributed by atoms with Gasteiger partial charge in [-0.1, -0.05) is 5.16 Å². The van der Waals surface area contributed by atoms with Crippen molar-refractivity contribution in [1.82, 2.24) is 5.32 Å². The SMILES string of the molecule is CCNC(=O)/C(=N/OC)C(N)=O. The van der Waals surface area contributed by atoms with Gasteiger partial charge in [0.15, 0.2) is 0 Å². The lowest BCUT2D eigenvalue weighted by molar-refractivity contribution is -0.117. The Bertz CT molecular complexity index is 212. The van der Waals surface area contributed by atoms with Crippen LogP contribution in [-0.4, -0.2) is 31.2 Å². The van der Waals surface area contributed by atoms with Crippen LogP contribution in [0.2, 0.25) is 0 Å². The van der Waals surface area contributed by atoms with Crippen LogP contribution >= 0.6 is 0 Å². The second-order valence-electron chi connectivity index (χ2n) is 1.85. The number of amides is 2. The number of hydrogen-bond acceptors (Lipinski definition) is 4. The molecule has 0 unspecified atom stereocenters. The Kier molecular flexibility index (Phi) is 4.43. The molecular formula is C6H11N3O3. The average molecular weight is 173 g/mol. The molecule has 0 aromatic rings. The largest absolute Gasteiger partial charge is 0.398 e. The van der Waals surface area contributed by atoms with E-state index in [0.29, 0.717) is 6.54 Å². The van der Waals surface area contributed by atoms with Gasteiger partial charge in [0.2, 0.25) is 5.71 Å². The molecule has 0 heterocycles. The predicted molar refractivity (Wildman–Crippen MR) is 42.3 cm³/mol. The molecule has 0 radical (unpaired) electrons. The third-order valence-corrected chi connectivity index (χ3v) is 0.968. The molecule has 0 aliphatic carbocycles. The Balaban J connectivity index is 4.41. The van der Waals surface area contributed by atoms with Gasteiger partial charge in [0.1, 0.15) is 7.11 Å². The molecule has 0 aliphatic heterocycles. The summed E-state index contributed by atoms with van der Waals surface area (Å²) in [6, 6.07) is 0. The van der Waals surface area contributed by atoms with Gasteiger partial charge < -0.3 is 15.9 Å². The van der Waals surface area contributed by atoms with Crippen molar-refractivity contribution in [2.45, 2.75) is 6.92 Å². The molecule has 3 N–H and O–H groups in total. The normalized spacial score (nSPS) is 10.7. The van der Waals surface area contributed by atoms with Crippen LogP contribution in [0.1, 0.15) is 6.92 Å². The lowest BCUT2D eigenvalue weighted by Crippen LogP contribution is -2.39. The zero-order chi connectivity index (χ0) is 9.56. The number of carbonyl (C=O) groups is 2. The second kappa shape index (κ2) is 5.11. The van der Waals surface area contributed by atoms with Gasteiger partial charge in [-0.25, -0.2) is 0 Å². The number of primary amides is 1. The summed E-state index contributed by atoms with van der Waals surface area (Å²) in [5.41, 5.74) is 4.41. The Morgan fingerprint density at radius 1 is 1.58 bits per heavy atom. The Morgan fingerprint density at radius 3 is 2.50 bits per heavy atom. The smallest absolute Gasteiger partial charge is 0.279 e. The number of oxime groups is 1. The van der Waals surface area contributed by atoms with E-state index < -0.39 is 17.5 Å². The van der Waals surface area contributed by atoms with Crippen molar-refractivity contribution in [1.29, 1.82) is 0 Å². The molecule has 0 aromatic carbocycles. The monoisotopic (exact) mass is 173 g/mol. The fraction of sp³-hybridized carbons (Fsp3) is 0.500. The summed E-state index contributed by atoms with van der Waals surface area (Å²) in [6.07, 6.45) is 0. The van der Waals surface area contributed by atoms with Crippen LogP contribution in [0.15, 0.2) is 5.16 Å². The predicted octanol–water partition coefficient (Wildman–Crippen LogP) is -1.39. The minimum absolute atomic E-state index is 0.398. The number of nitrogens with zero attached hydrogens (tertiary/aromatic N) is 1. The van der Waals surface area contributed by atoms with Crippen molar-refractivity contribution in [2.75, 3.05) is 13.7 Å². The highest BCUT2D eigenvalue weighted by Gasteiger charge is 2.17. The Morgan fingerprint density at radius 2 is 2.17 bits per heavy atom. The van der Waals surface area contributed by atoms with Gasteiger partial charge in [-0.15, -0.1) is 0 Å². The van der Waals surface area contributed by atoms with Gasteiger partial charge in [0, 0.05) is 6.54 Å². The highest BCUT2D eigenvalue weighted by atomic mass is 16.6. The van der Waals surface area contributed by atoms with Crippen LogP contribution in [-0.2, 0) is 14.4 Å². The minimum Gasteiger partial charge on any atom is -0.398 e. The molecule has 0 rings (SSSR count). The average Bonchev–Trinajstić information content (AvgIpc) is 1.99. The molecule has 0 fully saturated rings. The van der Waals surface area contributed by atoms with Crippen molar-refractivity contribution in [2.24, 2.45) is 10.9 Å². The summed E-state index contributed by atoms with van der Waals surface area (Å²) >= 11 is 0. The van der Waals surface area contributed by atoms with Gasteiger partial charge >= 0.3 is 0 Å². The van der Waals surface area contributed by atoms with Gasteiger partial charge in [-0.05, 0) is 6.92 Å². The molecule has 0 atom stereocenters. The van der Waals surface area contributed by atoms with Crippen molar-refractivity contribution in [3.63, 3.8) is 0 Å². The zero-order valence-corrected chi connectivity index (χ0v) is 6.96. The van der Waals surface area contributed by atoms with Crippen LogP contribution < -0.4 is 11.1 Å². The number of carbonyl (C=O) groups excluding carboxylic acids is 2. The summed E-state index contributed by atoms with van der Waals surface area (Å²) in [4.78, 5) is 25.8. The topological polar surface area (TPSA) is 93.8 Å². The molecular weight excluding hydrogens is 162 g/mol. The summed E-state index contributed by atoms with van der Waals surface area (Å²) < 4.78 is 0. The first-order valence-corrected chi connectivity index (χ1v) is 3.32. The van der Waals surface area contributed by atoms with Crippen LogP contribution in [0.25, 0.3) is 0 Å². The number of rotatable bonds is 4.